The van der Waals surface area contributed by atoms with E-state index in [-0.39, 0.29) is 0 Å². The van der Waals surface area contributed by atoms with Gasteiger partial charge in [0.15, 0.2) is 0 Å². The molecule has 0 saturated carbocycles. The van der Waals surface area contributed by atoms with Crippen molar-refractivity contribution in [3.8, 4) is 0 Å². The number of allylic oxidation sites excluding steroid dienone is 1. The van der Waals surface area contributed by atoms with Gasteiger partial charge in [-0.25, -0.2) is 0 Å². The molecule has 0 spiro atoms. The van der Waals surface area contributed by atoms with Crippen LogP contribution < -0.4 is 0 Å². The molecule has 0 atom stereocenters. The summed E-state index contributed by atoms with van der Waals surface area (Å²) in [5.41, 5.74) is 5.88. The van der Waals surface area contributed by atoms with Crippen molar-refractivity contribution in [1.82, 2.24) is 0 Å². The summed E-state index contributed by atoms with van der Waals surface area (Å²) in [5.74, 6) is 0. The molecule has 1 heteroatoms. The van der Waals surface area contributed by atoms with E-state index in [1.165, 1.54) is 16.0 Å². The summed E-state index contributed by atoms with van der Waals surface area (Å²) in [6, 6.07) is 6.59. The van der Waals surface area contributed by atoms with Crippen LogP contribution in [0.3, 0.4) is 0 Å². The molecule has 0 bridgehead atoms. The number of aryl methyl sites for hydroxylation is 1. The second-order valence-electron chi connectivity index (χ2n) is 2.92. The minimum Gasteiger partial charge on any atom is -0.118 e. The van der Waals surface area contributed by atoms with Crippen molar-refractivity contribution in [2.75, 3.05) is 0 Å². The maximum atomic E-state index is 3.13. The van der Waals surface area contributed by atoms with Crippen molar-refractivity contribution < 1.29 is 0 Å². The second-order valence-corrected chi connectivity index (χ2v) is 3.83. The first-order chi connectivity index (χ1) is 6.86. The van der Waals surface area contributed by atoms with E-state index in [2.05, 4.69) is 36.9 Å². The summed E-state index contributed by atoms with van der Waals surface area (Å²) in [4.78, 5) is 1.36. The zero-order chi connectivity index (χ0) is 10.4. The Hall–Kier alpha value is -0.910. The molecule has 0 amide bonds. The standard InChI is InChI=1S/C11H10S.C2H6/c1-9-5-6-11-10(8-9)4-2-3-7-12-11;1-2/h2,5-8H,4H2,1H3;1-2H3. The highest BCUT2D eigenvalue weighted by Crippen LogP contribution is 2.26. The van der Waals surface area contributed by atoms with Crippen LogP contribution in [-0.4, -0.2) is 0 Å². The highest BCUT2D eigenvalue weighted by Gasteiger charge is 2.01. The van der Waals surface area contributed by atoms with Crippen LogP contribution in [0, 0.1) is 6.92 Å². The molecule has 0 fully saturated rings. The molecule has 0 radical (unpaired) electrons. The van der Waals surface area contributed by atoms with Gasteiger partial charge in [0.05, 0.1) is 0 Å². The van der Waals surface area contributed by atoms with Gasteiger partial charge in [0.1, 0.15) is 0 Å². The van der Waals surface area contributed by atoms with Gasteiger partial charge in [0.2, 0.25) is 0 Å². The number of thioether (sulfide) groups is 1. The third-order valence-corrected chi connectivity index (χ3v) is 2.82. The number of rotatable bonds is 0. The van der Waals surface area contributed by atoms with E-state index in [4.69, 9.17) is 0 Å². The highest BCUT2D eigenvalue weighted by molar-refractivity contribution is 8.02. The predicted molar refractivity (Wildman–Crippen MR) is 64.7 cm³/mol. The average molecular weight is 204 g/mol. The predicted octanol–water partition coefficient (Wildman–Crippen LogP) is 4.34. The van der Waals surface area contributed by atoms with E-state index in [1.54, 1.807) is 11.8 Å². The molecule has 0 unspecified atom stereocenters. The van der Waals surface area contributed by atoms with Gasteiger partial charge in [-0.3, -0.25) is 0 Å². The Labute approximate surface area is 90.7 Å². The molecule has 1 aliphatic rings. The molecule has 0 aromatic heterocycles. The first-order valence-electron chi connectivity index (χ1n) is 5.02. The third kappa shape index (κ3) is 2.80. The molecule has 74 valence electrons. The van der Waals surface area contributed by atoms with Gasteiger partial charge in [0.25, 0.3) is 0 Å². The van der Waals surface area contributed by atoms with Crippen molar-refractivity contribution in [2.24, 2.45) is 0 Å². The van der Waals surface area contributed by atoms with E-state index >= 15 is 0 Å². The fraction of sp³-hybridized carbons (Fsp3) is 0.308. The SMILES string of the molecule is CC.Cc1ccc2c(c1)CC=C=CS2. The Bertz CT molecular complexity index is 357. The fourth-order valence-corrected chi connectivity index (χ4v) is 2.03. The molecular formula is C13H16S. The smallest absolute Gasteiger partial charge is 0.0175 e. The Balaban J connectivity index is 0.000000461. The maximum Gasteiger partial charge on any atom is 0.0175 e. The van der Waals surface area contributed by atoms with Gasteiger partial charge in [-0.1, -0.05) is 43.3 Å². The first kappa shape index (κ1) is 11.2. The lowest BCUT2D eigenvalue weighted by atomic mass is 10.1. The number of hydrogen-bond acceptors (Lipinski definition) is 1. The Morgan fingerprint density at radius 2 is 2.07 bits per heavy atom. The fourth-order valence-electron chi connectivity index (χ4n) is 1.30. The molecule has 0 N–H and O–H groups in total. The molecule has 0 aliphatic carbocycles. The van der Waals surface area contributed by atoms with Gasteiger partial charge < -0.3 is 0 Å². The molecular weight excluding hydrogens is 188 g/mol. The largest absolute Gasteiger partial charge is 0.118 e. The molecule has 1 aliphatic heterocycles. The van der Waals surface area contributed by atoms with Gasteiger partial charge in [0, 0.05) is 10.3 Å². The van der Waals surface area contributed by atoms with Gasteiger partial charge in [-0.05, 0) is 31.1 Å². The van der Waals surface area contributed by atoms with E-state index in [0.717, 1.165) is 6.42 Å². The van der Waals surface area contributed by atoms with Crippen LogP contribution in [0.25, 0.3) is 0 Å². The lowest BCUT2D eigenvalue weighted by Gasteiger charge is -2.03. The zero-order valence-corrected chi connectivity index (χ0v) is 9.82. The summed E-state index contributed by atoms with van der Waals surface area (Å²) < 4.78 is 0. The maximum absolute atomic E-state index is 3.13. The molecule has 1 aromatic rings. The topological polar surface area (TPSA) is 0 Å². The van der Waals surface area contributed by atoms with E-state index in [1.807, 2.05) is 19.3 Å². The normalized spacial score (nSPS) is 12.5. The Morgan fingerprint density at radius 1 is 1.29 bits per heavy atom. The summed E-state index contributed by atoms with van der Waals surface area (Å²) >= 11 is 1.75. The molecule has 0 saturated heterocycles. The Kier molecular flexibility index (Phi) is 4.58. The average Bonchev–Trinajstić information content (AvgIpc) is 2.45. The van der Waals surface area contributed by atoms with Crippen LogP contribution in [-0.2, 0) is 6.42 Å². The van der Waals surface area contributed by atoms with Crippen molar-refractivity contribution >= 4 is 11.8 Å². The van der Waals surface area contributed by atoms with E-state index in [9.17, 15) is 0 Å². The number of fused-ring (bicyclic) bond motifs is 1. The van der Waals surface area contributed by atoms with Crippen LogP contribution >= 0.6 is 11.8 Å². The minimum absolute atomic E-state index is 1.01. The van der Waals surface area contributed by atoms with Crippen molar-refractivity contribution in [3.05, 3.63) is 46.5 Å². The van der Waals surface area contributed by atoms with Crippen LogP contribution in [0.5, 0.6) is 0 Å². The summed E-state index contributed by atoms with van der Waals surface area (Å²) in [6.07, 6.45) is 3.10. The van der Waals surface area contributed by atoms with E-state index in [0.29, 0.717) is 0 Å². The Morgan fingerprint density at radius 3 is 2.86 bits per heavy atom. The molecule has 0 nitrogen and oxygen atoms in total. The number of benzene rings is 1. The van der Waals surface area contributed by atoms with Gasteiger partial charge >= 0.3 is 0 Å². The lowest BCUT2D eigenvalue weighted by molar-refractivity contribution is 1.17. The molecule has 1 heterocycles. The zero-order valence-electron chi connectivity index (χ0n) is 9.00. The summed E-state index contributed by atoms with van der Waals surface area (Å²) in [5, 5.41) is 2.02. The van der Waals surface area contributed by atoms with Gasteiger partial charge in [-0.15, -0.1) is 5.73 Å². The minimum atomic E-state index is 1.01. The second kappa shape index (κ2) is 5.74. The number of hydrogen-bond donors (Lipinski definition) is 0. The van der Waals surface area contributed by atoms with Crippen molar-refractivity contribution in [2.45, 2.75) is 32.1 Å². The quantitative estimate of drug-likeness (QED) is 0.566. The third-order valence-electron chi connectivity index (χ3n) is 1.91. The summed E-state index contributed by atoms with van der Waals surface area (Å²) in [6.45, 7) is 6.13. The molecule has 1 aromatic carbocycles. The monoisotopic (exact) mass is 204 g/mol. The lowest BCUT2D eigenvalue weighted by Crippen LogP contribution is -1.85. The van der Waals surface area contributed by atoms with Crippen LogP contribution in [0.2, 0.25) is 0 Å². The first-order valence-corrected chi connectivity index (χ1v) is 5.90. The van der Waals surface area contributed by atoms with Crippen LogP contribution in [0.4, 0.5) is 0 Å². The van der Waals surface area contributed by atoms with Crippen LogP contribution in [0.1, 0.15) is 25.0 Å². The summed E-state index contributed by atoms with van der Waals surface area (Å²) in [7, 11) is 0. The van der Waals surface area contributed by atoms with Crippen LogP contribution in [0.15, 0.2) is 40.3 Å². The highest BCUT2D eigenvalue weighted by atomic mass is 32.2. The van der Waals surface area contributed by atoms with Crippen molar-refractivity contribution in [3.63, 3.8) is 0 Å². The van der Waals surface area contributed by atoms with E-state index < -0.39 is 0 Å². The molecule has 2 rings (SSSR count). The molecule has 14 heavy (non-hydrogen) atoms. The van der Waals surface area contributed by atoms with Crippen molar-refractivity contribution in [1.29, 1.82) is 0 Å². The van der Waals surface area contributed by atoms with Gasteiger partial charge in [-0.2, -0.15) is 0 Å².